The zero-order chi connectivity index (χ0) is 20.3. The molecule has 1 aromatic carbocycles. The van der Waals surface area contributed by atoms with Gasteiger partial charge in [-0.2, -0.15) is 0 Å². The summed E-state index contributed by atoms with van der Waals surface area (Å²) in [7, 11) is 0. The van der Waals surface area contributed by atoms with Gasteiger partial charge in [-0.25, -0.2) is 4.39 Å². The van der Waals surface area contributed by atoms with Gasteiger partial charge in [-0.15, -0.1) is 0 Å². The smallest absolute Gasteiger partial charge is 0.262 e. The van der Waals surface area contributed by atoms with Crippen LogP contribution in [0.15, 0.2) is 12.1 Å². The first-order valence-corrected chi connectivity index (χ1v) is 9.01. The molecule has 2 heterocycles. The monoisotopic (exact) mass is 392 g/mol. The molecule has 150 valence electrons. The van der Waals surface area contributed by atoms with Gasteiger partial charge in [-0.05, 0) is 31.5 Å². The number of piperidine rings is 1. The van der Waals surface area contributed by atoms with E-state index in [1.807, 2.05) is 0 Å². The zero-order valence-electron chi connectivity index (χ0n) is 15.1. The largest absolute Gasteiger partial charge is 0.380 e. The maximum Gasteiger partial charge on any atom is 0.262 e. The number of rotatable bonds is 8. The van der Waals surface area contributed by atoms with Crippen molar-refractivity contribution in [3.05, 3.63) is 29.1 Å². The number of carbonyl (C=O) groups excluding carboxylic acids is 4. The van der Waals surface area contributed by atoms with E-state index in [-0.39, 0.29) is 29.7 Å². The number of nitrogens with zero attached hydrogens (tertiary/aromatic N) is 1. The molecule has 0 aromatic heterocycles. The lowest BCUT2D eigenvalue weighted by Crippen LogP contribution is -2.54. The Balaban J connectivity index is 1.72. The minimum Gasteiger partial charge on any atom is -0.380 e. The van der Waals surface area contributed by atoms with E-state index < -0.39 is 35.5 Å². The number of carbonyl (C=O) groups is 4. The fourth-order valence-electron chi connectivity index (χ4n) is 3.17. The van der Waals surface area contributed by atoms with Crippen LogP contribution in [0.5, 0.6) is 0 Å². The Bertz CT molecular complexity index is 828. The van der Waals surface area contributed by atoms with Crippen LogP contribution in [0, 0.1) is 5.82 Å². The second-order valence-corrected chi connectivity index (χ2v) is 6.51. The van der Waals surface area contributed by atoms with E-state index in [1.54, 1.807) is 0 Å². The standard InChI is InChI=1S/C18H21FN4O5/c19-12-8-10-11(9-13(12)21-5-7-28-6-1-4-20)18(27)23(17(10)26)14-2-3-15(24)22-16(14)25/h8-9,14,21H,1-7,20H2,(H,22,24,25). The first-order chi connectivity index (χ1) is 13.4. The molecule has 0 spiro atoms. The molecular formula is C18H21FN4O5. The van der Waals surface area contributed by atoms with Gasteiger partial charge >= 0.3 is 0 Å². The lowest BCUT2D eigenvalue weighted by molar-refractivity contribution is -0.136. The number of hydrogen-bond donors (Lipinski definition) is 3. The highest BCUT2D eigenvalue weighted by molar-refractivity contribution is 6.23. The van der Waals surface area contributed by atoms with Gasteiger partial charge < -0.3 is 15.8 Å². The fraction of sp³-hybridized carbons (Fsp3) is 0.444. The third-order valence-corrected chi connectivity index (χ3v) is 4.58. The van der Waals surface area contributed by atoms with Crippen LogP contribution in [0.2, 0.25) is 0 Å². The number of ether oxygens (including phenoxy) is 1. The van der Waals surface area contributed by atoms with E-state index in [9.17, 15) is 23.6 Å². The molecule has 9 nitrogen and oxygen atoms in total. The van der Waals surface area contributed by atoms with Crippen LogP contribution in [0.25, 0.3) is 0 Å². The second kappa shape index (κ2) is 8.44. The summed E-state index contributed by atoms with van der Waals surface area (Å²) >= 11 is 0. The van der Waals surface area contributed by atoms with E-state index in [0.29, 0.717) is 26.3 Å². The summed E-state index contributed by atoms with van der Waals surface area (Å²) in [4.78, 5) is 49.4. The summed E-state index contributed by atoms with van der Waals surface area (Å²) in [5, 5.41) is 4.94. The van der Waals surface area contributed by atoms with Crippen molar-refractivity contribution in [3.63, 3.8) is 0 Å². The summed E-state index contributed by atoms with van der Waals surface area (Å²) in [5.41, 5.74) is 5.34. The second-order valence-electron chi connectivity index (χ2n) is 6.51. The van der Waals surface area contributed by atoms with Gasteiger partial charge in [0.1, 0.15) is 11.9 Å². The first-order valence-electron chi connectivity index (χ1n) is 9.01. The van der Waals surface area contributed by atoms with Crippen molar-refractivity contribution in [2.24, 2.45) is 5.73 Å². The lowest BCUT2D eigenvalue weighted by atomic mass is 10.0. The summed E-state index contributed by atoms with van der Waals surface area (Å²) in [5.74, 6) is -3.28. The molecule has 28 heavy (non-hydrogen) atoms. The number of nitrogens with one attached hydrogen (secondary N) is 2. The highest BCUT2D eigenvalue weighted by Crippen LogP contribution is 2.31. The van der Waals surface area contributed by atoms with E-state index in [4.69, 9.17) is 10.5 Å². The van der Waals surface area contributed by atoms with Gasteiger partial charge in [0.05, 0.1) is 23.4 Å². The molecule has 2 aliphatic heterocycles. The molecule has 0 bridgehead atoms. The summed E-state index contributed by atoms with van der Waals surface area (Å²) in [6.07, 6.45) is 0.791. The van der Waals surface area contributed by atoms with Gasteiger partial charge in [0.2, 0.25) is 11.8 Å². The number of imide groups is 2. The van der Waals surface area contributed by atoms with Crippen molar-refractivity contribution in [2.45, 2.75) is 25.3 Å². The lowest BCUT2D eigenvalue weighted by Gasteiger charge is -2.27. The predicted octanol–water partition coefficient (Wildman–Crippen LogP) is 0.00420. The SMILES string of the molecule is NCCCOCCNc1cc2c(cc1F)C(=O)N(C1CCC(=O)NC1=O)C2=O. The minimum absolute atomic E-state index is 0.0163. The number of anilines is 1. The highest BCUT2D eigenvalue weighted by Gasteiger charge is 2.45. The van der Waals surface area contributed by atoms with Crippen LogP contribution >= 0.6 is 0 Å². The number of hydrogen-bond acceptors (Lipinski definition) is 7. The predicted molar refractivity (Wildman–Crippen MR) is 96.1 cm³/mol. The van der Waals surface area contributed by atoms with Gasteiger partial charge in [0.25, 0.3) is 11.8 Å². The van der Waals surface area contributed by atoms with Crippen molar-refractivity contribution in [1.29, 1.82) is 0 Å². The maximum atomic E-state index is 14.3. The molecule has 2 aliphatic rings. The van der Waals surface area contributed by atoms with Crippen molar-refractivity contribution >= 4 is 29.3 Å². The number of benzene rings is 1. The number of amides is 4. The molecule has 1 atom stereocenters. The summed E-state index contributed by atoms with van der Waals surface area (Å²) in [6, 6.07) is 1.16. The molecular weight excluding hydrogens is 371 g/mol. The van der Waals surface area contributed by atoms with Crippen molar-refractivity contribution in [1.82, 2.24) is 10.2 Å². The molecule has 1 saturated heterocycles. The third-order valence-electron chi connectivity index (χ3n) is 4.58. The van der Waals surface area contributed by atoms with E-state index in [0.717, 1.165) is 17.4 Å². The molecule has 0 radical (unpaired) electrons. The maximum absolute atomic E-state index is 14.3. The van der Waals surface area contributed by atoms with Crippen LogP contribution in [0.4, 0.5) is 10.1 Å². The summed E-state index contributed by atoms with van der Waals surface area (Å²) in [6.45, 7) is 1.65. The Hall–Kier alpha value is -2.85. The van der Waals surface area contributed by atoms with E-state index in [2.05, 4.69) is 10.6 Å². The summed E-state index contributed by atoms with van der Waals surface area (Å²) < 4.78 is 19.7. The molecule has 1 aromatic rings. The average Bonchev–Trinajstić information content (AvgIpc) is 2.89. The van der Waals surface area contributed by atoms with Crippen LogP contribution in [-0.4, -0.2) is 60.9 Å². The minimum atomic E-state index is -1.08. The third kappa shape index (κ3) is 3.87. The highest BCUT2D eigenvalue weighted by atomic mass is 19.1. The van der Waals surface area contributed by atoms with E-state index >= 15 is 0 Å². The Morgan fingerprint density at radius 2 is 1.89 bits per heavy atom. The molecule has 0 aliphatic carbocycles. The zero-order valence-corrected chi connectivity index (χ0v) is 15.1. The van der Waals surface area contributed by atoms with Crippen molar-refractivity contribution in [3.8, 4) is 0 Å². The molecule has 4 N–H and O–H groups in total. The molecule has 3 rings (SSSR count). The fourth-order valence-corrected chi connectivity index (χ4v) is 3.17. The van der Waals surface area contributed by atoms with Crippen molar-refractivity contribution < 1.29 is 28.3 Å². The van der Waals surface area contributed by atoms with Crippen LogP contribution in [0.1, 0.15) is 40.0 Å². The van der Waals surface area contributed by atoms with Gasteiger partial charge in [-0.1, -0.05) is 0 Å². The number of nitrogens with two attached hydrogens (primary N) is 1. The Morgan fingerprint density at radius 3 is 2.57 bits per heavy atom. The first kappa shape index (κ1) is 19.9. The van der Waals surface area contributed by atoms with Crippen molar-refractivity contribution in [2.75, 3.05) is 31.6 Å². The molecule has 1 unspecified atom stereocenters. The topological polar surface area (TPSA) is 131 Å². The number of fused-ring (bicyclic) bond motifs is 1. The molecule has 1 fully saturated rings. The van der Waals surface area contributed by atoms with Crippen LogP contribution < -0.4 is 16.4 Å². The Morgan fingerprint density at radius 1 is 1.18 bits per heavy atom. The Kier molecular flexibility index (Phi) is 6.00. The number of halogens is 1. The van der Waals surface area contributed by atoms with E-state index in [1.165, 1.54) is 6.07 Å². The molecule has 4 amide bonds. The average molecular weight is 392 g/mol. The quantitative estimate of drug-likeness (QED) is 0.419. The Labute approximate surface area is 160 Å². The molecule has 0 saturated carbocycles. The van der Waals surface area contributed by atoms with Crippen LogP contribution in [-0.2, 0) is 14.3 Å². The van der Waals surface area contributed by atoms with Gasteiger partial charge in [0.15, 0.2) is 0 Å². The van der Waals surface area contributed by atoms with Gasteiger partial charge in [0, 0.05) is 19.6 Å². The normalized spacial score (nSPS) is 19.1. The van der Waals surface area contributed by atoms with Gasteiger partial charge in [-0.3, -0.25) is 29.4 Å². The molecule has 10 heteroatoms. The van der Waals surface area contributed by atoms with Crippen LogP contribution in [0.3, 0.4) is 0 Å².